The molecule has 1 amide bonds. The van der Waals surface area contributed by atoms with Crippen molar-refractivity contribution in [3.05, 3.63) is 17.3 Å². The smallest absolute Gasteiger partial charge is 0.327 e. The lowest BCUT2D eigenvalue weighted by Crippen LogP contribution is -2.47. The fourth-order valence-corrected chi connectivity index (χ4v) is 3.81. The van der Waals surface area contributed by atoms with Crippen LogP contribution in [0.3, 0.4) is 0 Å². The van der Waals surface area contributed by atoms with Gasteiger partial charge in [-0.05, 0) is 12.8 Å². The van der Waals surface area contributed by atoms with E-state index in [1.807, 2.05) is 13.8 Å². The van der Waals surface area contributed by atoms with Crippen molar-refractivity contribution >= 4 is 23.6 Å². The van der Waals surface area contributed by atoms with E-state index >= 15 is 0 Å². The topological polar surface area (TPSA) is 83.6 Å². The van der Waals surface area contributed by atoms with Crippen molar-refractivity contribution in [3.8, 4) is 0 Å². The zero-order chi connectivity index (χ0) is 15.0. The van der Waals surface area contributed by atoms with E-state index in [0.29, 0.717) is 17.3 Å². The van der Waals surface area contributed by atoms with Gasteiger partial charge in [-0.15, -0.1) is 11.8 Å². The average Bonchev–Trinajstić information content (AvgIpc) is 2.91. The third-order valence-electron chi connectivity index (χ3n) is 3.22. The van der Waals surface area contributed by atoms with Crippen LogP contribution in [-0.2, 0) is 4.79 Å². The van der Waals surface area contributed by atoms with Gasteiger partial charge in [-0.2, -0.15) is 0 Å². The number of oxazole rings is 1. The summed E-state index contributed by atoms with van der Waals surface area (Å²) in [6, 6.07) is -0.815. The van der Waals surface area contributed by atoms with E-state index in [4.69, 9.17) is 4.42 Å². The van der Waals surface area contributed by atoms with Crippen LogP contribution in [-0.4, -0.2) is 44.0 Å². The number of carboxylic acid groups (broad SMARTS) is 1. The van der Waals surface area contributed by atoms with Crippen LogP contribution in [0.5, 0.6) is 0 Å². The quantitative estimate of drug-likeness (QED) is 0.917. The van der Waals surface area contributed by atoms with Gasteiger partial charge in [0.25, 0.3) is 5.91 Å². The summed E-state index contributed by atoms with van der Waals surface area (Å²) in [7, 11) is 0. The van der Waals surface area contributed by atoms with Crippen molar-refractivity contribution in [2.75, 3.05) is 5.75 Å². The summed E-state index contributed by atoms with van der Waals surface area (Å²) in [6.07, 6.45) is 0. The Morgan fingerprint density at radius 1 is 1.45 bits per heavy atom. The lowest BCUT2D eigenvalue weighted by molar-refractivity contribution is -0.141. The first kappa shape index (κ1) is 14.9. The highest BCUT2D eigenvalue weighted by Crippen LogP contribution is 2.35. The van der Waals surface area contributed by atoms with E-state index in [1.54, 1.807) is 13.8 Å². The summed E-state index contributed by atoms with van der Waals surface area (Å²) in [4.78, 5) is 29.5. The molecule has 1 saturated heterocycles. The number of rotatable bonds is 3. The van der Waals surface area contributed by atoms with Gasteiger partial charge in [0.05, 0.1) is 11.1 Å². The maximum absolute atomic E-state index is 12.6. The molecule has 2 heterocycles. The molecule has 1 aliphatic rings. The van der Waals surface area contributed by atoms with Gasteiger partial charge in [-0.3, -0.25) is 4.79 Å². The highest BCUT2D eigenvalue weighted by Gasteiger charge is 2.44. The number of aliphatic carboxylic acids is 1. The number of hydrogen-bond donors (Lipinski definition) is 1. The van der Waals surface area contributed by atoms with Gasteiger partial charge in [-0.25, -0.2) is 9.78 Å². The van der Waals surface area contributed by atoms with Crippen LogP contribution in [0.1, 0.15) is 36.0 Å². The first-order valence-electron chi connectivity index (χ1n) is 6.44. The van der Waals surface area contributed by atoms with Crippen LogP contribution in [0, 0.1) is 19.8 Å². The number of aromatic nitrogens is 1. The van der Waals surface area contributed by atoms with Crippen LogP contribution >= 0.6 is 11.8 Å². The third kappa shape index (κ3) is 2.54. The van der Waals surface area contributed by atoms with Gasteiger partial charge in [0, 0.05) is 12.7 Å². The predicted octanol–water partition coefficient (Wildman–Crippen LogP) is 1.92. The zero-order valence-electron chi connectivity index (χ0n) is 11.9. The molecule has 2 rings (SSSR count). The average molecular weight is 298 g/mol. The van der Waals surface area contributed by atoms with Crippen molar-refractivity contribution < 1.29 is 19.1 Å². The molecule has 110 valence electrons. The molecule has 6 nitrogen and oxygen atoms in total. The Kier molecular flexibility index (Phi) is 4.08. The molecule has 1 aromatic rings. The van der Waals surface area contributed by atoms with Crippen molar-refractivity contribution in [2.24, 2.45) is 5.92 Å². The van der Waals surface area contributed by atoms with Gasteiger partial charge in [0.15, 0.2) is 5.89 Å². The maximum atomic E-state index is 12.6. The number of amides is 1. The Morgan fingerprint density at radius 3 is 2.55 bits per heavy atom. The fourth-order valence-electron chi connectivity index (χ4n) is 2.34. The van der Waals surface area contributed by atoms with Crippen LogP contribution in [0.25, 0.3) is 0 Å². The van der Waals surface area contributed by atoms with Gasteiger partial charge in [-0.1, -0.05) is 13.8 Å². The number of thioether (sulfide) groups is 1. The van der Waals surface area contributed by atoms with Crippen molar-refractivity contribution in [2.45, 2.75) is 39.1 Å². The van der Waals surface area contributed by atoms with Crippen LogP contribution in [0.2, 0.25) is 0 Å². The molecule has 0 aromatic carbocycles. The number of aryl methyl sites for hydroxylation is 2. The van der Waals surface area contributed by atoms with E-state index < -0.39 is 12.0 Å². The van der Waals surface area contributed by atoms with Gasteiger partial charge >= 0.3 is 5.97 Å². The van der Waals surface area contributed by atoms with E-state index in [1.165, 1.54) is 16.7 Å². The highest BCUT2D eigenvalue weighted by molar-refractivity contribution is 8.00. The molecule has 1 fully saturated rings. The minimum absolute atomic E-state index is 0.141. The van der Waals surface area contributed by atoms with Crippen molar-refractivity contribution in [3.63, 3.8) is 0 Å². The Balaban J connectivity index is 2.37. The standard InChI is InChI=1S/C13H18N2O4S/c1-6(2)12-15(9(5-20-12)13(17)18)11(16)10-7(3)14-8(4)19-10/h6,9,12H,5H2,1-4H3,(H,17,18). The van der Waals surface area contributed by atoms with Gasteiger partial charge in [0.2, 0.25) is 5.76 Å². The van der Waals surface area contributed by atoms with E-state index in [0.717, 1.165) is 0 Å². The fraction of sp³-hybridized carbons (Fsp3) is 0.615. The highest BCUT2D eigenvalue weighted by atomic mass is 32.2. The minimum atomic E-state index is -0.983. The Bertz CT molecular complexity index is 540. The summed E-state index contributed by atoms with van der Waals surface area (Å²) < 4.78 is 5.34. The summed E-state index contributed by atoms with van der Waals surface area (Å²) in [5.41, 5.74) is 0.496. The molecule has 1 aromatic heterocycles. The minimum Gasteiger partial charge on any atom is -0.480 e. The monoisotopic (exact) mass is 298 g/mol. The second-order valence-electron chi connectivity index (χ2n) is 5.18. The Morgan fingerprint density at radius 2 is 2.10 bits per heavy atom. The molecule has 0 aliphatic carbocycles. The second kappa shape index (κ2) is 5.47. The largest absolute Gasteiger partial charge is 0.480 e. The molecule has 1 aliphatic heterocycles. The first-order valence-corrected chi connectivity index (χ1v) is 7.49. The van der Waals surface area contributed by atoms with Gasteiger partial charge in [0.1, 0.15) is 6.04 Å². The van der Waals surface area contributed by atoms with E-state index in [-0.39, 0.29) is 23.0 Å². The molecular weight excluding hydrogens is 280 g/mol. The summed E-state index contributed by atoms with van der Waals surface area (Å²) in [6.45, 7) is 7.30. The van der Waals surface area contributed by atoms with Crippen LogP contribution in [0.15, 0.2) is 4.42 Å². The van der Waals surface area contributed by atoms with Crippen LogP contribution < -0.4 is 0 Å². The zero-order valence-corrected chi connectivity index (χ0v) is 12.7. The molecule has 20 heavy (non-hydrogen) atoms. The van der Waals surface area contributed by atoms with Crippen LogP contribution in [0.4, 0.5) is 0 Å². The van der Waals surface area contributed by atoms with Crippen molar-refractivity contribution in [1.82, 2.24) is 9.88 Å². The molecule has 2 atom stereocenters. The Labute approximate surface area is 121 Å². The molecule has 2 unspecified atom stereocenters. The predicted molar refractivity (Wildman–Crippen MR) is 74.7 cm³/mol. The normalized spacial score (nSPS) is 22.6. The lowest BCUT2D eigenvalue weighted by Gasteiger charge is -2.28. The second-order valence-corrected chi connectivity index (χ2v) is 6.33. The number of carboxylic acids is 1. The number of carbonyl (C=O) groups excluding carboxylic acids is 1. The van der Waals surface area contributed by atoms with E-state index in [2.05, 4.69) is 4.98 Å². The lowest BCUT2D eigenvalue weighted by atomic mass is 10.1. The molecule has 7 heteroatoms. The number of hydrogen-bond acceptors (Lipinski definition) is 5. The first-order chi connectivity index (χ1) is 9.32. The summed E-state index contributed by atoms with van der Waals surface area (Å²) in [5, 5.41) is 9.14. The molecule has 1 N–H and O–H groups in total. The summed E-state index contributed by atoms with van der Waals surface area (Å²) >= 11 is 1.49. The molecule has 0 saturated carbocycles. The SMILES string of the molecule is Cc1nc(C)c(C(=O)N2C(C(=O)O)CSC2C(C)C)o1. The van der Waals surface area contributed by atoms with E-state index in [9.17, 15) is 14.7 Å². The molecular formula is C13H18N2O4S. The maximum Gasteiger partial charge on any atom is 0.327 e. The molecule has 0 radical (unpaired) electrons. The Hall–Kier alpha value is -1.50. The van der Waals surface area contributed by atoms with Gasteiger partial charge < -0.3 is 14.4 Å². The number of carbonyl (C=O) groups is 2. The third-order valence-corrected chi connectivity index (χ3v) is 4.84. The van der Waals surface area contributed by atoms with Crippen molar-refractivity contribution in [1.29, 1.82) is 0 Å². The number of nitrogens with zero attached hydrogens (tertiary/aromatic N) is 2. The molecule has 0 bridgehead atoms. The molecule has 0 spiro atoms. The summed E-state index contributed by atoms with van der Waals surface area (Å²) in [5.74, 6) is -0.261.